The maximum absolute atomic E-state index is 12.4. The Morgan fingerprint density at radius 2 is 1.55 bits per heavy atom. The zero-order valence-electron chi connectivity index (χ0n) is 15.9. The lowest BCUT2D eigenvalue weighted by Crippen LogP contribution is -2.23. The van der Waals surface area contributed by atoms with Crippen LogP contribution in [0.15, 0.2) is 72.8 Å². The predicted octanol–water partition coefficient (Wildman–Crippen LogP) is 4.04. The number of fused-ring (bicyclic) bond motifs is 1. The maximum Gasteiger partial charge on any atom is 0.289 e. The lowest BCUT2D eigenvalue weighted by Gasteiger charge is -2.10. The van der Waals surface area contributed by atoms with Crippen molar-refractivity contribution >= 4 is 22.6 Å². The maximum atomic E-state index is 12.4. The van der Waals surface area contributed by atoms with Gasteiger partial charge in [-0.2, -0.15) is 0 Å². The van der Waals surface area contributed by atoms with Gasteiger partial charge in [0.05, 0.1) is 16.5 Å². The van der Waals surface area contributed by atoms with E-state index in [-0.39, 0.29) is 11.3 Å². The second-order valence-electron chi connectivity index (χ2n) is 6.97. The third-order valence-electron chi connectivity index (χ3n) is 5.18. The minimum absolute atomic E-state index is 0.0478. The summed E-state index contributed by atoms with van der Waals surface area (Å²) in [5, 5.41) is 10.7. The number of carbonyl (C=O) groups is 2. The Hall–Kier alpha value is -3.86. The molecule has 0 bridgehead atoms. The van der Waals surface area contributed by atoms with Crippen LogP contribution in [0.1, 0.15) is 21.6 Å². The number of nitrogens with zero attached hydrogens (tertiary/aromatic N) is 1. The summed E-state index contributed by atoms with van der Waals surface area (Å²) in [5.74, 6) is -1.89. The molecule has 0 fully saturated rings. The van der Waals surface area contributed by atoms with Gasteiger partial charge in [0.2, 0.25) is 0 Å². The van der Waals surface area contributed by atoms with E-state index in [1.807, 2.05) is 41.0 Å². The fraction of sp³-hybridized carbons (Fsp3) is 0.0833. The van der Waals surface area contributed by atoms with Crippen LogP contribution in [0, 0.1) is 6.92 Å². The quantitative estimate of drug-likeness (QED) is 0.402. The summed E-state index contributed by atoms with van der Waals surface area (Å²) < 4.78 is 1.92. The highest BCUT2D eigenvalue weighted by Crippen LogP contribution is 2.34. The molecule has 4 aromatic rings. The number of rotatable bonds is 5. The number of carbonyl (C=O) groups excluding carboxylic acids is 2. The van der Waals surface area contributed by atoms with Gasteiger partial charge in [-0.15, -0.1) is 0 Å². The zero-order chi connectivity index (χ0) is 20.5. The first-order valence-corrected chi connectivity index (χ1v) is 9.26. The highest BCUT2D eigenvalue weighted by atomic mass is 16.3. The lowest BCUT2D eigenvalue weighted by molar-refractivity contribution is -0.114. The second-order valence-corrected chi connectivity index (χ2v) is 6.97. The summed E-state index contributed by atoms with van der Waals surface area (Å²) in [7, 11) is 0. The van der Waals surface area contributed by atoms with Gasteiger partial charge in [0.15, 0.2) is 0 Å². The van der Waals surface area contributed by atoms with Crippen LogP contribution in [0.5, 0.6) is 5.75 Å². The molecule has 0 unspecified atom stereocenters. The van der Waals surface area contributed by atoms with E-state index in [2.05, 4.69) is 24.3 Å². The van der Waals surface area contributed by atoms with Crippen LogP contribution in [-0.2, 0) is 11.3 Å². The van der Waals surface area contributed by atoms with Crippen LogP contribution in [0.25, 0.3) is 22.0 Å². The highest BCUT2D eigenvalue weighted by Gasteiger charge is 2.25. The SMILES string of the molecule is Cc1c(C(=O)C(N)=O)c2c(O)cccc2n1Cc1ccc(-c2ccccc2)cc1. The summed E-state index contributed by atoms with van der Waals surface area (Å²) >= 11 is 0. The summed E-state index contributed by atoms with van der Waals surface area (Å²) in [5.41, 5.74) is 9.96. The fourth-order valence-electron chi connectivity index (χ4n) is 3.73. The molecular formula is C24H20N2O3. The van der Waals surface area contributed by atoms with Gasteiger partial charge in [-0.05, 0) is 35.7 Å². The number of Topliss-reactive ketones (excluding diaryl/α,β-unsaturated/α-hetero) is 1. The molecule has 0 saturated heterocycles. The molecule has 0 aliphatic heterocycles. The molecule has 1 amide bonds. The van der Waals surface area contributed by atoms with Crippen molar-refractivity contribution in [2.24, 2.45) is 5.73 Å². The Bertz CT molecular complexity index is 1220. The van der Waals surface area contributed by atoms with E-state index in [0.29, 0.717) is 23.1 Å². The first-order chi connectivity index (χ1) is 14.0. The van der Waals surface area contributed by atoms with E-state index in [1.165, 1.54) is 6.07 Å². The van der Waals surface area contributed by atoms with Gasteiger partial charge >= 0.3 is 0 Å². The van der Waals surface area contributed by atoms with Gasteiger partial charge in [-0.3, -0.25) is 9.59 Å². The van der Waals surface area contributed by atoms with Crippen molar-refractivity contribution in [2.75, 3.05) is 0 Å². The number of ketones is 1. The summed E-state index contributed by atoms with van der Waals surface area (Å²) in [6.45, 7) is 2.25. The Morgan fingerprint density at radius 1 is 0.897 bits per heavy atom. The van der Waals surface area contributed by atoms with E-state index in [4.69, 9.17) is 5.73 Å². The molecule has 5 heteroatoms. The third-order valence-corrected chi connectivity index (χ3v) is 5.18. The third kappa shape index (κ3) is 3.27. The van der Waals surface area contributed by atoms with Crippen LogP contribution in [0.3, 0.4) is 0 Å². The number of amides is 1. The number of benzene rings is 3. The molecule has 144 valence electrons. The molecule has 3 N–H and O–H groups in total. The van der Waals surface area contributed by atoms with Gasteiger partial charge in [-0.1, -0.05) is 60.7 Å². The molecule has 0 aliphatic rings. The minimum Gasteiger partial charge on any atom is -0.507 e. The van der Waals surface area contributed by atoms with Crippen molar-refractivity contribution in [2.45, 2.75) is 13.5 Å². The number of primary amides is 1. The number of phenols is 1. The number of phenolic OH excluding ortho intramolecular Hbond substituents is 1. The summed E-state index contributed by atoms with van der Waals surface area (Å²) in [6.07, 6.45) is 0. The number of nitrogens with two attached hydrogens (primary N) is 1. The summed E-state index contributed by atoms with van der Waals surface area (Å²) in [4.78, 5) is 23.9. The number of aromatic hydroxyl groups is 1. The topological polar surface area (TPSA) is 85.3 Å². The van der Waals surface area contributed by atoms with Crippen LogP contribution < -0.4 is 5.73 Å². The van der Waals surface area contributed by atoms with Crippen LogP contribution in [0.4, 0.5) is 0 Å². The minimum atomic E-state index is -1.04. The zero-order valence-corrected chi connectivity index (χ0v) is 15.9. The second kappa shape index (κ2) is 7.28. The summed E-state index contributed by atoms with van der Waals surface area (Å²) in [6, 6.07) is 23.3. The van der Waals surface area contributed by atoms with E-state index in [1.54, 1.807) is 13.0 Å². The molecular weight excluding hydrogens is 364 g/mol. The standard InChI is InChI=1S/C24H20N2O3/c1-15-21(23(28)24(25)29)22-19(8-5-9-20(22)27)26(15)14-16-10-12-18(13-11-16)17-6-3-2-4-7-17/h2-13,27H,14H2,1H3,(H2,25,29). The fourth-order valence-corrected chi connectivity index (χ4v) is 3.73. The van der Waals surface area contributed by atoms with E-state index < -0.39 is 11.7 Å². The highest BCUT2D eigenvalue weighted by molar-refractivity contribution is 6.45. The molecule has 0 saturated carbocycles. The first-order valence-electron chi connectivity index (χ1n) is 9.26. The van der Waals surface area contributed by atoms with Crippen LogP contribution in [-0.4, -0.2) is 21.4 Å². The molecule has 4 rings (SSSR count). The van der Waals surface area contributed by atoms with Gasteiger partial charge in [0.1, 0.15) is 5.75 Å². The van der Waals surface area contributed by atoms with Crippen molar-refractivity contribution in [3.63, 3.8) is 0 Å². The number of hydrogen-bond acceptors (Lipinski definition) is 3. The smallest absolute Gasteiger partial charge is 0.289 e. The largest absolute Gasteiger partial charge is 0.507 e. The van der Waals surface area contributed by atoms with Crippen molar-refractivity contribution < 1.29 is 14.7 Å². The van der Waals surface area contributed by atoms with Crippen molar-refractivity contribution in [1.29, 1.82) is 0 Å². The Labute approximate surface area is 168 Å². The van der Waals surface area contributed by atoms with E-state index in [9.17, 15) is 14.7 Å². The predicted molar refractivity (Wildman–Crippen MR) is 113 cm³/mol. The molecule has 5 nitrogen and oxygen atoms in total. The molecule has 1 aromatic heterocycles. The Balaban J connectivity index is 1.77. The van der Waals surface area contributed by atoms with E-state index in [0.717, 1.165) is 16.7 Å². The normalized spacial score (nSPS) is 10.9. The van der Waals surface area contributed by atoms with Gasteiger partial charge in [0.25, 0.3) is 11.7 Å². The number of hydrogen-bond donors (Lipinski definition) is 2. The van der Waals surface area contributed by atoms with E-state index >= 15 is 0 Å². The molecule has 3 aromatic carbocycles. The van der Waals surface area contributed by atoms with Crippen molar-refractivity contribution in [3.8, 4) is 16.9 Å². The van der Waals surface area contributed by atoms with Gasteiger partial charge < -0.3 is 15.4 Å². The molecule has 0 aliphatic carbocycles. The Morgan fingerprint density at radius 3 is 2.21 bits per heavy atom. The van der Waals surface area contributed by atoms with Crippen LogP contribution >= 0.6 is 0 Å². The monoisotopic (exact) mass is 384 g/mol. The lowest BCUT2D eigenvalue weighted by atomic mass is 10.0. The van der Waals surface area contributed by atoms with Crippen molar-refractivity contribution in [3.05, 3.63) is 89.6 Å². The average Bonchev–Trinajstić information content (AvgIpc) is 3.01. The molecule has 29 heavy (non-hydrogen) atoms. The number of aromatic nitrogens is 1. The van der Waals surface area contributed by atoms with Crippen molar-refractivity contribution in [1.82, 2.24) is 4.57 Å². The van der Waals surface area contributed by atoms with Gasteiger partial charge in [-0.25, -0.2) is 0 Å². The molecule has 0 radical (unpaired) electrons. The van der Waals surface area contributed by atoms with Gasteiger partial charge in [0, 0.05) is 12.2 Å². The molecule has 0 spiro atoms. The molecule has 1 heterocycles. The first kappa shape index (κ1) is 18.5. The Kier molecular flexibility index (Phi) is 4.64. The van der Waals surface area contributed by atoms with Crippen LogP contribution in [0.2, 0.25) is 0 Å². The average molecular weight is 384 g/mol. The molecule has 0 atom stereocenters.